The molecule has 0 aromatic heterocycles. The molecule has 0 aromatic rings. The predicted octanol–water partition coefficient (Wildman–Crippen LogP) is 3.38. The van der Waals surface area contributed by atoms with E-state index in [2.05, 4.69) is 6.92 Å². The minimum absolute atomic E-state index is 0.822. The van der Waals surface area contributed by atoms with Crippen LogP contribution in [-0.4, -0.2) is 13.2 Å². The van der Waals surface area contributed by atoms with E-state index in [0.717, 1.165) is 24.5 Å². The van der Waals surface area contributed by atoms with Crippen molar-refractivity contribution in [1.29, 1.82) is 0 Å². The van der Waals surface area contributed by atoms with Gasteiger partial charge in [0.1, 0.15) is 0 Å². The van der Waals surface area contributed by atoms with E-state index >= 15 is 0 Å². The molecule has 0 N–H and O–H groups in total. The quantitative estimate of drug-likeness (QED) is 0.650. The Morgan fingerprint density at radius 3 is 2.31 bits per heavy atom. The van der Waals surface area contributed by atoms with Gasteiger partial charge in [-0.2, -0.15) is 0 Å². The van der Waals surface area contributed by atoms with Gasteiger partial charge in [-0.25, -0.2) is 0 Å². The van der Waals surface area contributed by atoms with Crippen LogP contribution in [0.25, 0.3) is 0 Å². The first-order valence-corrected chi connectivity index (χ1v) is 5.92. The zero-order chi connectivity index (χ0) is 9.15. The zero-order valence-corrected chi connectivity index (χ0v) is 8.85. The highest BCUT2D eigenvalue weighted by Crippen LogP contribution is 2.52. The summed E-state index contributed by atoms with van der Waals surface area (Å²) >= 11 is 0. The van der Waals surface area contributed by atoms with E-state index in [9.17, 15) is 0 Å². The van der Waals surface area contributed by atoms with Gasteiger partial charge >= 0.3 is 0 Å². The van der Waals surface area contributed by atoms with Crippen LogP contribution in [0.1, 0.15) is 51.9 Å². The van der Waals surface area contributed by atoms with E-state index in [-0.39, 0.29) is 0 Å². The van der Waals surface area contributed by atoms with E-state index < -0.39 is 0 Å². The molecule has 2 aliphatic carbocycles. The molecule has 0 radical (unpaired) electrons. The summed E-state index contributed by atoms with van der Waals surface area (Å²) in [7, 11) is 0. The molecule has 2 saturated carbocycles. The molecule has 76 valence electrons. The van der Waals surface area contributed by atoms with Crippen LogP contribution < -0.4 is 0 Å². The van der Waals surface area contributed by atoms with E-state index in [1.807, 2.05) is 0 Å². The molecule has 0 heterocycles. The highest BCUT2D eigenvalue weighted by Gasteiger charge is 2.39. The Balaban J connectivity index is 1.70. The second-order valence-corrected chi connectivity index (χ2v) is 4.96. The van der Waals surface area contributed by atoms with Gasteiger partial charge in [0.25, 0.3) is 0 Å². The van der Waals surface area contributed by atoms with E-state index in [1.165, 1.54) is 44.9 Å². The lowest BCUT2D eigenvalue weighted by molar-refractivity contribution is 0.0224. The summed E-state index contributed by atoms with van der Waals surface area (Å²) in [5.41, 5.74) is 0.822. The molecular weight excluding hydrogens is 160 g/mol. The van der Waals surface area contributed by atoms with Gasteiger partial charge in [0.2, 0.25) is 0 Å². The Morgan fingerprint density at radius 2 is 1.85 bits per heavy atom. The summed E-state index contributed by atoms with van der Waals surface area (Å²) in [6.07, 6.45) is 10.4. The summed E-state index contributed by atoms with van der Waals surface area (Å²) < 4.78 is 5.49. The molecule has 2 aliphatic rings. The topological polar surface area (TPSA) is 9.23 Å². The number of hydrogen-bond donors (Lipinski definition) is 0. The average molecular weight is 182 g/mol. The van der Waals surface area contributed by atoms with Crippen LogP contribution in [-0.2, 0) is 4.74 Å². The summed E-state index contributed by atoms with van der Waals surface area (Å²) in [5.74, 6) is 0.881. The summed E-state index contributed by atoms with van der Waals surface area (Å²) in [5, 5.41) is 0. The molecule has 2 fully saturated rings. The fourth-order valence-electron chi connectivity index (χ4n) is 2.92. The molecular formula is C12H22O. The third-order valence-corrected chi connectivity index (χ3v) is 4.14. The van der Waals surface area contributed by atoms with Crippen molar-refractivity contribution in [1.82, 2.24) is 0 Å². The molecule has 0 aliphatic heterocycles. The van der Waals surface area contributed by atoms with Crippen molar-refractivity contribution < 1.29 is 4.74 Å². The van der Waals surface area contributed by atoms with Crippen LogP contribution in [0, 0.1) is 11.3 Å². The molecule has 0 aromatic carbocycles. The third kappa shape index (κ3) is 2.07. The lowest BCUT2D eigenvalue weighted by atomic mass is 9.59. The number of hydrogen-bond acceptors (Lipinski definition) is 1. The smallest absolute Gasteiger partial charge is 0.0494 e. The van der Waals surface area contributed by atoms with Gasteiger partial charge < -0.3 is 4.74 Å². The molecule has 1 nitrogen and oxygen atoms in total. The molecule has 13 heavy (non-hydrogen) atoms. The third-order valence-electron chi connectivity index (χ3n) is 4.14. The average Bonchev–Trinajstić information content (AvgIpc) is 2.13. The normalized spacial score (nSPS) is 27.5. The molecule has 0 saturated heterocycles. The van der Waals surface area contributed by atoms with Gasteiger partial charge in [0, 0.05) is 13.2 Å². The lowest BCUT2D eigenvalue weighted by Gasteiger charge is -2.47. The Hall–Kier alpha value is -0.0400. The molecule has 0 atom stereocenters. The molecule has 0 bridgehead atoms. The van der Waals surface area contributed by atoms with Crippen molar-refractivity contribution in [3.05, 3.63) is 0 Å². The van der Waals surface area contributed by atoms with Gasteiger partial charge in [0.05, 0.1) is 0 Å². The Bertz CT molecular complexity index is 151. The van der Waals surface area contributed by atoms with Gasteiger partial charge in [-0.1, -0.05) is 6.42 Å². The maximum Gasteiger partial charge on any atom is 0.0494 e. The van der Waals surface area contributed by atoms with E-state index in [0.29, 0.717) is 0 Å². The largest absolute Gasteiger partial charge is 0.381 e. The van der Waals surface area contributed by atoms with Crippen LogP contribution in [0.4, 0.5) is 0 Å². The maximum absolute atomic E-state index is 5.49. The van der Waals surface area contributed by atoms with Gasteiger partial charge in [0.15, 0.2) is 0 Å². The fraction of sp³-hybridized carbons (Fsp3) is 1.00. The minimum atomic E-state index is 0.822. The predicted molar refractivity (Wildman–Crippen MR) is 54.7 cm³/mol. The maximum atomic E-state index is 5.49. The molecule has 0 amide bonds. The van der Waals surface area contributed by atoms with Crippen LogP contribution >= 0.6 is 0 Å². The molecule has 0 unspecified atom stereocenters. The van der Waals surface area contributed by atoms with Gasteiger partial charge in [-0.15, -0.1) is 0 Å². The van der Waals surface area contributed by atoms with Crippen LogP contribution in [0.5, 0.6) is 0 Å². The van der Waals surface area contributed by atoms with Crippen LogP contribution in [0.3, 0.4) is 0 Å². The van der Waals surface area contributed by atoms with E-state index in [1.54, 1.807) is 0 Å². The zero-order valence-electron chi connectivity index (χ0n) is 8.85. The summed E-state index contributed by atoms with van der Waals surface area (Å²) in [4.78, 5) is 0. The van der Waals surface area contributed by atoms with Gasteiger partial charge in [-0.3, -0.25) is 0 Å². The fourth-order valence-corrected chi connectivity index (χ4v) is 2.92. The van der Waals surface area contributed by atoms with Crippen molar-refractivity contribution in [3.8, 4) is 0 Å². The first kappa shape index (κ1) is 9.51. The van der Waals surface area contributed by atoms with Gasteiger partial charge in [-0.05, 0) is 56.8 Å². The molecule has 2 rings (SSSR count). The van der Waals surface area contributed by atoms with Crippen molar-refractivity contribution in [2.24, 2.45) is 11.3 Å². The first-order chi connectivity index (χ1) is 6.35. The van der Waals surface area contributed by atoms with Crippen molar-refractivity contribution >= 4 is 0 Å². The highest BCUT2D eigenvalue weighted by molar-refractivity contribution is 4.91. The van der Waals surface area contributed by atoms with E-state index in [4.69, 9.17) is 4.74 Å². The standard InChI is InChI=1S/C12H22O/c1-2-13-10-11-4-8-12(9-5-11)6-3-7-12/h11H,2-10H2,1H3. The second-order valence-electron chi connectivity index (χ2n) is 4.96. The number of ether oxygens (including phenoxy) is 1. The Labute approximate surface area is 81.9 Å². The minimum Gasteiger partial charge on any atom is -0.381 e. The summed E-state index contributed by atoms with van der Waals surface area (Å²) in [6.45, 7) is 4.00. The van der Waals surface area contributed by atoms with Crippen molar-refractivity contribution in [3.63, 3.8) is 0 Å². The van der Waals surface area contributed by atoms with Crippen LogP contribution in [0.2, 0.25) is 0 Å². The molecule has 1 spiro atoms. The monoisotopic (exact) mass is 182 g/mol. The highest BCUT2D eigenvalue weighted by atomic mass is 16.5. The van der Waals surface area contributed by atoms with Crippen molar-refractivity contribution in [2.45, 2.75) is 51.9 Å². The first-order valence-electron chi connectivity index (χ1n) is 5.92. The second kappa shape index (κ2) is 4.00. The van der Waals surface area contributed by atoms with Crippen LogP contribution in [0.15, 0.2) is 0 Å². The Morgan fingerprint density at radius 1 is 1.15 bits per heavy atom. The lowest BCUT2D eigenvalue weighted by Crippen LogP contribution is -2.34. The summed E-state index contributed by atoms with van der Waals surface area (Å²) in [6, 6.07) is 0. The molecule has 1 heteroatoms. The Kier molecular flexibility index (Phi) is 2.92. The number of rotatable bonds is 3. The van der Waals surface area contributed by atoms with Crippen molar-refractivity contribution in [2.75, 3.05) is 13.2 Å². The SMILES string of the molecule is CCOCC1CCC2(CCC2)CC1.